The van der Waals surface area contributed by atoms with E-state index < -0.39 is 0 Å². The fourth-order valence-corrected chi connectivity index (χ4v) is 2.10. The van der Waals surface area contributed by atoms with Gasteiger partial charge in [-0.25, -0.2) is 9.37 Å². The van der Waals surface area contributed by atoms with Crippen LogP contribution in [0, 0.1) is 11.7 Å². The van der Waals surface area contributed by atoms with Gasteiger partial charge in [-0.15, -0.1) is 11.6 Å². The monoisotopic (exact) mass is 228 g/mol. The average molecular weight is 229 g/mol. The van der Waals surface area contributed by atoms with E-state index in [4.69, 9.17) is 11.6 Å². The molecule has 2 unspecified atom stereocenters. The van der Waals surface area contributed by atoms with Crippen molar-refractivity contribution in [2.45, 2.75) is 18.7 Å². The second kappa shape index (κ2) is 4.35. The van der Waals surface area contributed by atoms with Crippen LogP contribution in [-0.4, -0.2) is 23.5 Å². The molecule has 82 valence electrons. The molecule has 2 heterocycles. The molecule has 1 aromatic heterocycles. The van der Waals surface area contributed by atoms with Gasteiger partial charge >= 0.3 is 0 Å². The van der Waals surface area contributed by atoms with Gasteiger partial charge in [-0.2, -0.15) is 0 Å². The lowest BCUT2D eigenvalue weighted by Gasteiger charge is -2.34. The third kappa shape index (κ3) is 2.23. The van der Waals surface area contributed by atoms with Crippen molar-refractivity contribution >= 4 is 17.4 Å². The Hall–Kier alpha value is -0.830. The Morgan fingerprint density at radius 2 is 2.40 bits per heavy atom. The van der Waals surface area contributed by atoms with Gasteiger partial charge in [-0.3, -0.25) is 0 Å². The van der Waals surface area contributed by atoms with Crippen LogP contribution in [0.3, 0.4) is 0 Å². The number of hydrogen-bond donors (Lipinski definition) is 0. The second-order valence-corrected chi connectivity index (χ2v) is 4.60. The normalized spacial score (nSPS) is 26.7. The van der Waals surface area contributed by atoms with Gasteiger partial charge in [0.15, 0.2) is 11.6 Å². The maximum absolute atomic E-state index is 13.5. The number of nitrogens with zero attached hydrogens (tertiary/aromatic N) is 2. The Bertz CT molecular complexity index is 345. The van der Waals surface area contributed by atoms with Gasteiger partial charge in [-0.05, 0) is 24.5 Å². The molecule has 0 bridgehead atoms. The molecule has 1 fully saturated rings. The van der Waals surface area contributed by atoms with Gasteiger partial charge in [0.25, 0.3) is 0 Å². The van der Waals surface area contributed by atoms with Crippen molar-refractivity contribution in [3.05, 3.63) is 24.1 Å². The molecule has 1 aromatic rings. The van der Waals surface area contributed by atoms with Gasteiger partial charge in [0.2, 0.25) is 0 Å². The number of halogens is 2. The molecule has 2 rings (SSSR count). The summed E-state index contributed by atoms with van der Waals surface area (Å²) in [4.78, 5) is 6.04. The maximum Gasteiger partial charge on any atom is 0.165 e. The SMILES string of the molecule is CC1CN(c2ncccc2F)CCC1Cl. The highest BCUT2D eigenvalue weighted by Gasteiger charge is 2.26. The summed E-state index contributed by atoms with van der Waals surface area (Å²) < 4.78 is 13.5. The summed E-state index contributed by atoms with van der Waals surface area (Å²) in [6.07, 6.45) is 2.51. The van der Waals surface area contributed by atoms with Gasteiger partial charge in [0.05, 0.1) is 0 Å². The van der Waals surface area contributed by atoms with Crippen LogP contribution < -0.4 is 4.90 Å². The minimum atomic E-state index is -0.252. The number of piperidine rings is 1. The van der Waals surface area contributed by atoms with E-state index in [1.807, 2.05) is 4.90 Å². The Labute approximate surface area is 94.1 Å². The van der Waals surface area contributed by atoms with E-state index in [1.54, 1.807) is 12.3 Å². The van der Waals surface area contributed by atoms with Crippen molar-refractivity contribution < 1.29 is 4.39 Å². The number of anilines is 1. The van der Waals surface area contributed by atoms with Crippen LogP contribution in [0.2, 0.25) is 0 Å². The summed E-state index contributed by atoms with van der Waals surface area (Å²) in [5, 5.41) is 0.202. The van der Waals surface area contributed by atoms with E-state index in [-0.39, 0.29) is 11.2 Å². The number of pyridine rings is 1. The Morgan fingerprint density at radius 1 is 1.60 bits per heavy atom. The molecule has 2 nitrogen and oxygen atoms in total. The minimum Gasteiger partial charge on any atom is -0.354 e. The predicted octanol–water partition coefficient (Wildman–Crippen LogP) is 2.67. The van der Waals surface area contributed by atoms with Crippen molar-refractivity contribution in [3.8, 4) is 0 Å². The van der Waals surface area contributed by atoms with Crippen molar-refractivity contribution in [1.29, 1.82) is 0 Å². The zero-order chi connectivity index (χ0) is 10.8. The summed E-state index contributed by atoms with van der Waals surface area (Å²) in [6, 6.07) is 3.05. The largest absolute Gasteiger partial charge is 0.354 e. The van der Waals surface area contributed by atoms with Crippen molar-refractivity contribution in [2.75, 3.05) is 18.0 Å². The molecule has 0 N–H and O–H groups in total. The summed E-state index contributed by atoms with van der Waals surface area (Å²) in [5.74, 6) is 0.576. The first-order chi connectivity index (χ1) is 7.18. The molecule has 2 atom stereocenters. The molecule has 4 heteroatoms. The van der Waals surface area contributed by atoms with Crippen LogP contribution in [0.25, 0.3) is 0 Å². The molecule has 0 spiro atoms. The summed E-state index contributed by atoms with van der Waals surface area (Å²) in [6.45, 7) is 3.65. The van der Waals surface area contributed by atoms with Crippen molar-refractivity contribution in [2.24, 2.45) is 5.92 Å². The number of rotatable bonds is 1. The molecule has 0 aliphatic carbocycles. The first-order valence-electron chi connectivity index (χ1n) is 5.18. The van der Waals surface area contributed by atoms with E-state index in [9.17, 15) is 4.39 Å². The molecule has 1 aliphatic rings. The van der Waals surface area contributed by atoms with Crippen molar-refractivity contribution in [1.82, 2.24) is 4.98 Å². The standard InChI is InChI=1S/C11H14ClFN2/c1-8-7-15(6-4-9(8)12)11-10(13)3-2-5-14-11/h2-3,5,8-9H,4,6-7H2,1H3. The Balaban J connectivity index is 2.15. The van der Waals surface area contributed by atoms with Crippen LogP contribution in [0.1, 0.15) is 13.3 Å². The first kappa shape index (κ1) is 10.7. The van der Waals surface area contributed by atoms with Gasteiger partial charge < -0.3 is 4.90 Å². The minimum absolute atomic E-state index is 0.202. The predicted molar refractivity (Wildman–Crippen MR) is 59.8 cm³/mol. The number of aromatic nitrogens is 1. The Kier molecular flexibility index (Phi) is 3.10. The molecule has 15 heavy (non-hydrogen) atoms. The zero-order valence-corrected chi connectivity index (χ0v) is 9.41. The van der Waals surface area contributed by atoms with E-state index in [2.05, 4.69) is 11.9 Å². The topological polar surface area (TPSA) is 16.1 Å². The molecular weight excluding hydrogens is 215 g/mol. The first-order valence-corrected chi connectivity index (χ1v) is 5.61. The molecule has 0 aromatic carbocycles. The third-order valence-electron chi connectivity index (χ3n) is 2.84. The van der Waals surface area contributed by atoms with E-state index in [0.717, 1.165) is 19.5 Å². The van der Waals surface area contributed by atoms with Crippen molar-refractivity contribution in [3.63, 3.8) is 0 Å². The molecule has 1 saturated heterocycles. The lowest BCUT2D eigenvalue weighted by molar-refractivity contribution is 0.446. The fraction of sp³-hybridized carbons (Fsp3) is 0.545. The van der Waals surface area contributed by atoms with E-state index in [0.29, 0.717) is 11.7 Å². The van der Waals surface area contributed by atoms with Gasteiger partial charge in [0.1, 0.15) is 0 Å². The Morgan fingerprint density at radius 3 is 3.07 bits per heavy atom. The third-order valence-corrected chi connectivity index (χ3v) is 3.49. The van der Waals surface area contributed by atoms with Gasteiger partial charge in [-0.1, -0.05) is 6.92 Å². The van der Waals surface area contributed by atoms with Gasteiger partial charge in [0, 0.05) is 24.7 Å². The zero-order valence-electron chi connectivity index (χ0n) is 8.66. The number of alkyl halides is 1. The highest BCUT2D eigenvalue weighted by Crippen LogP contribution is 2.26. The van der Waals surface area contributed by atoms with Crippen LogP contribution in [-0.2, 0) is 0 Å². The van der Waals surface area contributed by atoms with E-state index >= 15 is 0 Å². The van der Waals surface area contributed by atoms with E-state index in [1.165, 1.54) is 6.07 Å². The quantitative estimate of drug-likeness (QED) is 0.687. The number of hydrogen-bond acceptors (Lipinski definition) is 2. The smallest absolute Gasteiger partial charge is 0.165 e. The lowest BCUT2D eigenvalue weighted by Crippen LogP contribution is -2.40. The summed E-state index contributed by atoms with van der Waals surface area (Å²) in [7, 11) is 0. The molecule has 0 radical (unpaired) electrons. The molecule has 0 amide bonds. The maximum atomic E-state index is 13.5. The summed E-state index contributed by atoms with van der Waals surface area (Å²) in [5.41, 5.74) is 0. The molecule has 0 saturated carbocycles. The van der Waals surface area contributed by atoms with Crippen LogP contribution in [0.4, 0.5) is 10.2 Å². The highest BCUT2D eigenvalue weighted by molar-refractivity contribution is 6.20. The molecule has 1 aliphatic heterocycles. The van der Waals surface area contributed by atoms with Crippen LogP contribution >= 0.6 is 11.6 Å². The fourth-order valence-electron chi connectivity index (χ4n) is 1.92. The van der Waals surface area contributed by atoms with Crippen LogP contribution in [0.5, 0.6) is 0 Å². The average Bonchev–Trinajstić information content (AvgIpc) is 2.23. The highest BCUT2D eigenvalue weighted by atomic mass is 35.5. The summed E-state index contributed by atoms with van der Waals surface area (Å²) >= 11 is 6.12. The molecular formula is C11H14ClFN2. The van der Waals surface area contributed by atoms with Crippen LogP contribution in [0.15, 0.2) is 18.3 Å². The second-order valence-electron chi connectivity index (χ2n) is 4.04. The lowest BCUT2D eigenvalue weighted by atomic mass is 9.99.